The predicted molar refractivity (Wildman–Crippen MR) is 104 cm³/mol. The number of hydrogen-bond donors (Lipinski definition) is 2. The van der Waals surface area contributed by atoms with Gasteiger partial charge in [-0.2, -0.15) is 0 Å². The van der Waals surface area contributed by atoms with E-state index in [1.165, 1.54) is 38.5 Å². The van der Waals surface area contributed by atoms with E-state index in [1.807, 2.05) is 6.20 Å². The van der Waals surface area contributed by atoms with Crippen LogP contribution >= 0.6 is 0 Å². The number of rotatable bonds is 3. The number of hydrogen-bond acceptors (Lipinski definition) is 0. The molecule has 0 aliphatic carbocycles. The summed E-state index contributed by atoms with van der Waals surface area (Å²) in [5.74, 6) is 0.192. The Kier molecular flexibility index (Phi) is 3.20. The van der Waals surface area contributed by atoms with E-state index in [2.05, 4.69) is 95.0 Å². The van der Waals surface area contributed by atoms with Crippen LogP contribution in [-0.4, -0.2) is 9.97 Å². The van der Waals surface area contributed by atoms with Crippen LogP contribution in [0.3, 0.4) is 0 Å². The maximum absolute atomic E-state index is 3.44. The molecule has 0 radical (unpaired) electrons. The molecule has 2 heteroatoms. The van der Waals surface area contributed by atoms with Gasteiger partial charge in [-0.3, -0.25) is 0 Å². The highest BCUT2D eigenvalue weighted by Crippen LogP contribution is 2.38. The van der Waals surface area contributed by atoms with Gasteiger partial charge in [0.25, 0.3) is 0 Å². The van der Waals surface area contributed by atoms with Crippen LogP contribution in [0, 0.1) is 0 Å². The first-order chi connectivity index (χ1) is 12.4. The van der Waals surface area contributed by atoms with Crippen molar-refractivity contribution in [1.29, 1.82) is 0 Å². The summed E-state index contributed by atoms with van der Waals surface area (Å²) in [5.41, 5.74) is 6.31. The third-order valence-electron chi connectivity index (χ3n) is 5.00. The summed E-state index contributed by atoms with van der Waals surface area (Å²) < 4.78 is 0. The zero-order chi connectivity index (χ0) is 16.6. The first-order valence-electron chi connectivity index (χ1n) is 8.59. The summed E-state index contributed by atoms with van der Waals surface area (Å²) in [7, 11) is 0. The lowest BCUT2D eigenvalue weighted by Crippen LogP contribution is -2.03. The Hall–Kier alpha value is -3.26. The highest BCUT2D eigenvalue weighted by Gasteiger charge is 2.22. The Morgan fingerprint density at radius 2 is 1.28 bits per heavy atom. The summed E-state index contributed by atoms with van der Waals surface area (Å²) >= 11 is 0. The van der Waals surface area contributed by atoms with Crippen molar-refractivity contribution in [2.45, 2.75) is 5.92 Å². The van der Waals surface area contributed by atoms with Crippen molar-refractivity contribution in [3.8, 4) is 0 Å². The van der Waals surface area contributed by atoms with Crippen molar-refractivity contribution >= 4 is 21.8 Å². The maximum atomic E-state index is 3.44. The van der Waals surface area contributed by atoms with Crippen LogP contribution in [0.25, 0.3) is 21.8 Å². The van der Waals surface area contributed by atoms with Gasteiger partial charge in [0.15, 0.2) is 0 Å². The Bertz CT molecular complexity index is 1150. The largest absolute Gasteiger partial charge is 0.361 e. The Labute approximate surface area is 146 Å². The lowest BCUT2D eigenvalue weighted by Gasteiger charge is -2.19. The van der Waals surface area contributed by atoms with Gasteiger partial charge in [0.05, 0.1) is 0 Å². The van der Waals surface area contributed by atoms with Gasteiger partial charge < -0.3 is 9.97 Å². The molecule has 0 saturated carbocycles. The van der Waals surface area contributed by atoms with Gasteiger partial charge in [0, 0.05) is 40.1 Å². The second-order valence-corrected chi connectivity index (χ2v) is 6.42. The maximum Gasteiger partial charge on any atom is 0.0457 e. The quantitative estimate of drug-likeness (QED) is 0.419. The fraction of sp³-hybridized carbons (Fsp3) is 0.0435. The molecule has 0 fully saturated rings. The van der Waals surface area contributed by atoms with Crippen LogP contribution in [-0.2, 0) is 0 Å². The Morgan fingerprint density at radius 3 is 2.20 bits per heavy atom. The third-order valence-corrected chi connectivity index (χ3v) is 5.00. The number of fused-ring (bicyclic) bond motifs is 2. The lowest BCUT2D eigenvalue weighted by molar-refractivity contribution is 1.000. The van der Waals surface area contributed by atoms with E-state index in [1.54, 1.807) is 0 Å². The number of benzene rings is 3. The molecule has 2 N–H and O–H groups in total. The molecule has 25 heavy (non-hydrogen) atoms. The second-order valence-electron chi connectivity index (χ2n) is 6.42. The molecule has 120 valence electrons. The highest BCUT2D eigenvalue weighted by molar-refractivity contribution is 5.88. The van der Waals surface area contributed by atoms with E-state index in [0.29, 0.717) is 0 Å². The van der Waals surface area contributed by atoms with Gasteiger partial charge in [0.1, 0.15) is 0 Å². The lowest BCUT2D eigenvalue weighted by atomic mass is 9.83. The van der Waals surface area contributed by atoms with Gasteiger partial charge in [-0.15, -0.1) is 0 Å². The highest BCUT2D eigenvalue weighted by atomic mass is 14.7. The van der Waals surface area contributed by atoms with Gasteiger partial charge in [-0.1, -0.05) is 60.7 Å². The zero-order valence-electron chi connectivity index (χ0n) is 13.7. The molecule has 2 heterocycles. The first kappa shape index (κ1) is 14.1. The van der Waals surface area contributed by atoms with E-state index in [0.717, 1.165) is 0 Å². The first-order valence-corrected chi connectivity index (χ1v) is 8.59. The summed E-state index contributed by atoms with van der Waals surface area (Å²) in [4.78, 5) is 6.78. The zero-order valence-corrected chi connectivity index (χ0v) is 13.7. The molecule has 1 atom stereocenters. The van der Waals surface area contributed by atoms with E-state index < -0.39 is 0 Å². The molecule has 5 aromatic rings. The fourth-order valence-electron chi connectivity index (χ4n) is 3.87. The number of aromatic amines is 2. The van der Waals surface area contributed by atoms with Crippen LogP contribution < -0.4 is 0 Å². The summed E-state index contributed by atoms with van der Waals surface area (Å²) in [6.07, 6.45) is 4.18. The van der Waals surface area contributed by atoms with E-state index in [-0.39, 0.29) is 5.92 Å². The van der Waals surface area contributed by atoms with Gasteiger partial charge >= 0.3 is 0 Å². The summed E-state index contributed by atoms with van der Waals surface area (Å²) in [6, 6.07) is 28.0. The van der Waals surface area contributed by atoms with Crippen LogP contribution in [0.5, 0.6) is 0 Å². The molecule has 0 spiro atoms. The molecule has 2 aromatic heterocycles. The minimum absolute atomic E-state index is 0.192. The molecule has 2 nitrogen and oxygen atoms in total. The van der Waals surface area contributed by atoms with Crippen molar-refractivity contribution < 1.29 is 0 Å². The average molecular weight is 322 g/mol. The van der Waals surface area contributed by atoms with E-state index in [9.17, 15) is 0 Å². The molecule has 0 aliphatic heterocycles. The second kappa shape index (κ2) is 5.67. The van der Waals surface area contributed by atoms with Crippen LogP contribution in [0.15, 0.2) is 91.3 Å². The van der Waals surface area contributed by atoms with Crippen molar-refractivity contribution in [2.75, 3.05) is 0 Å². The van der Waals surface area contributed by atoms with Gasteiger partial charge in [0.2, 0.25) is 0 Å². The Morgan fingerprint density at radius 1 is 0.560 bits per heavy atom. The smallest absolute Gasteiger partial charge is 0.0457 e. The molecule has 0 aliphatic rings. The van der Waals surface area contributed by atoms with Crippen LogP contribution in [0.2, 0.25) is 0 Å². The fourth-order valence-corrected chi connectivity index (χ4v) is 3.87. The molecule has 0 unspecified atom stereocenters. The molecule has 3 aromatic carbocycles. The van der Waals surface area contributed by atoms with Crippen molar-refractivity contribution in [1.82, 2.24) is 9.97 Å². The summed E-state index contributed by atoms with van der Waals surface area (Å²) in [6.45, 7) is 0. The summed E-state index contributed by atoms with van der Waals surface area (Å²) in [5, 5.41) is 2.56. The molecule has 0 amide bonds. The van der Waals surface area contributed by atoms with Crippen LogP contribution in [0.1, 0.15) is 22.6 Å². The number of aromatic nitrogens is 2. The van der Waals surface area contributed by atoms with Crippen molar-refractivity contribution in [2.24, 2.45) is 0 Å². The van der Waals surface area contributed by atoms with Gasteiger partial charge in [-0.25, -0.2) is 0 Å². The van der Waals surface area contributed by atoms with E-state index in [4.69, 9.17) is 0 Å². The number of nitrogens with one attached hydrogen (secondary N) is 2. The van der Waals surface area contributed by atoms with Gasteiger partial charge in [-0.05, 0) is 34.9 Å². The molecule has 0 bridgehead atoms. The van der Waals surface area contributed by atoms with Crippen molar-refractivity contribution in [3.05, 3.63) is 108 Å². The molecule has 0 saturated heterocycles. The minimum Gasteiger partial charge on any atom is -0.361 e. The molecular weight excluding hydrogens is 304 g/mol. The third kappa shape index (κ3) is 2.26. The molecule has 5 rings (SSSR count). The Balaban J connectivity index is 1.82. The van der Waals surface area contributed by atoms with Crippen molar-refractivity contribution in [3.63, 3.8) is 0 Å². The standard InChI is InChI=1S/C23H18N2/c1-2-7-16(8-3-1)23(19-10-6-12-21-18(19)13-14-24-21)20-15-25-22-11-5-4-9-17(20)22/h1-15,23-25H/t23-/m1/s1. The topological polar surface area (TPSA) is 31.6 Å². The average Bonchev–Trinajstić information content (AvgIpc) is 3.31. The molecular formula is C23H18N2. The number of para-hydroxylation sites is 1. The minimum atomic E-state index is 0.192. The normalized spacial score (nSPS) is 12.6. The predicted octanol–water partition coefficient (Wildman–Crippen LogP) is 5.83. The van der Waals surface area contributed by atoms with Crippen LogP contribution in [0.4, 0.5) is 0 Å². The monoisotopic (exact) mass is 322 g/mol. The SMILES string of the molecule is c1ccc([C@H](c2cccc3[nH]ccc23)c2c[nH]c3ccccc23)cc1. The van der Waals surface area contributed by atoms with E-state index >= 15 is 0 Å². The number of H-pyrrole nitrogens is 2.